The standard InChI is InChI=1S/C11H8ClN3O3S/c12-9-2-1-7(3-10(9)15(17)18)11(16)14-5-8-4-13-6-19-8/h1-4,6H,5H2,(H,14,16). The van der Waals surface area contributed by atoms with Crippen molar-refractivity contribution < 1.29 is 9.72 Å². The van der Waals surface area contributed by atoms with Gasteiger partial charge in [0.15, 0.2) is 0 Å². The Morgan fingerprint density at radius 1 is 1.53 bits per heavy atom. The van der Waals surface area contributed by atoms with E-state index in [0.717, 1.165) is 10.9 Å². The number of nitrogens with one attached hydrogen (secondary N) is 1. The molecular formula is C11H8ClN3O3S. The summed E-state index contributed by atoms with van der Waals surface area (Å²) >= 11 is 7.09. The summed E-state index contributed by atoms with van der Waals surface area (Å²) < 4.78 is 0. The maximum Gasteiger partial charge on any atom is 0.288 e. The molecule has 0 spiro atoms. The van der Waals surface area contributed by atoms with Crippen LogP contribution in [-0.2, 0) is 6.54 Å². The Kier molecular flexibility index (Phi) is 4.08. The fraction of sp³-hybridized carbons (Fsp3) is 0.0909. The number of aromatic nitrogens is 1. The van der Waals surface area contributed by atoms with Crippen molar-refractivity contribution in [3.05, 3.63) is 55.5 Å². The van der Waals surface area contributed by atoms with E-state index in [9.17, 15) is 14.9 Å². The van der Waals surface area contributed by atoms with Crippen molar-refractivity contribution in [3.63, 3.8) is 0 Å². The molecular weight excluding hydrogens is 290 g/mol. The molecule has 0 aliphatic rings. The summed E-state index contributed by atoms with van der Waals surface area (Å²) in [6.07, 6.45) is 1.65. The van der Waals surface area contributed by atoms with Gasteiger partial charge in [-0.2, -0.15) is 0 Å². The zero-order valence-corrected chi connectivity index (χ0v) is 11.1. The molecule has 1 aromatic carbocycles. The lowest BCUT2D eigenvalue weighted by Gasteiger charge is -2.04. The van der Waals surface area contributed by atoms with Crippen LogP contribution in [0.5, 0.6) is 0 Å². The molecule has 8 heteroatoms. The minimum atomic E-state index is -0.623. The van der Waals surface area contributed by atoms with Crippen LogP contribution in [-0.4, -0.2) is 15.8 Å². The molecule has 6 nitrogen and oxygen atoms in total. The lowest BCUT2D eigenvalue weighted by Crippen LogP contribution is -2.22. The minimum absolute atomic E-state index is 0.00371. The largest absolute Gasteiger partial charge is 0.347 e. The Labute approximate surface area is 117 Å². The van der Waals surface area contributed by atoms with Gasteiger partial charge in [-0.25, -0.2) is 0 Å². The van der Waals surface area contributed by atoms with Crippen molar-refractivity contribution >= 4 is 34.5 Å². The lowest BCUT2D eigenvalue weighted by molar-refractivity contribution is -0.384. The molecule has 19 heavy (non-hydrogen) atoms. The van der Waals surface area contributed by atoms with Crippen LogP contribution in [0.25, 0.3) is 0 Å². The van der Waals surface area contributed by atoms with Gasteiger partial charge in [0, 0.05) is 22.7 Å². The van der Waals surface area contributed by atoms with Gasteiger partial charge >= 0.3 is 0 Å². The molecule has 0 aliphatic heterocycles. The number of carbonyl (C=O) groups is 1. The maximum atomic E-state index is 11.8. The Morgan fingerprint density at radius 3 is 2.95 bits per heavy atom. The number of hydrogen-bond acceptors (Lipinski definition) is 5. The van der Waals surface area contributed by atoms with Gasteiger partial charge in [-0.05, 0) is 12.1 Å². The number of benzene rings is 1. The highest BCUT2D eigenvalue weighted by atomic mass is 35.5. The summed E-state index contributed by atoms with van der Waals surface area (Å²) in [7, 11) is 0. The van der Waals surface area contributed by atoms with Crippen LogP contribution >= 0.6 is 22.9 Å². The molecule has 98 valence electrons. The predicted molar refractivity (Wildman–Crippen MR) is 71.4 cm³/mol. The van der Waals surface area contributed by atoms with Gasteiger partial charge in [0.05, 0.1) is 17.0 Å². The highest BCUT2D eigenvalue weighted by Gasteiger charge is 2.16. The van der Waals surface area contributed by atoms with Crippen LogP contribution in [0.1, 0.15) is 15.2 Å². The van der Waals surface area contributed by atoms with Crippen LogP contribution in [0.3, 0.4) is 0 Å². The molecule has 0 saturated heterocycles. The van der Waals surface area contributed by atoms with Crippen LogP contribution < -0.4 is 5.32 Å². The van der Waals surface area contributed by atoms with E-state index in [0.29, 0.717) is 6.54 Å². The van der Waals surface area contributed by atoms with Gasteiger partial charge in [-0.15, -0.1) is 11.3 Å². The van der Waals surface area contributed by atoms with Crippen molar-refractivity contribution in [3.8, 4) is 0 Å². The number of nitro groups is 1. The smallest absolute Gasteiger partial charge is 0.288 e. The predicted octanol–water partition coefficient (Wildman–Crippen LogP) is 2.63. The van der Waals surface area contributed by atoms with Crippen molar-refractivity contribution in [1.82, 2.24) is 10.3 Å². The fourth-order valence-electron chi connectivity index (χ4n) is 1.39. The van der Waals surface area contributed by atoms with Gasteiger partial charge < -0.3 is 5.32 Å². The van der Waals surface area contributed by atoms with Crippen LogP contribution in [0.15, 0.2) is 29.9 Å². The first-order chi connectivity index (χ1) is 9.08. The molecule has 0 aliphatic carbocycles. The van der Waals surface area contributed by atoms with Crippen molar-refractivity contribution in [2.45, 2.75) is 6.54 Å². The van der Waals surface area contributed by atoms with E-state index in [-0.39, 0.29) is 16.3 Å². The second-order valence-corrected chi connectivity index (χ2v) is 4.95. The molecule has 1 aromatic heterocycles. The van der Waals surface area contributed by atoms with Gasteiger partial charge in [0.25, 0.3) is 11.6 Å². The molecule has 0 unspecified atom stereocenters. The third-order valence-corrected chi connectivity index (χ3v) is 3.41. The zero-order valence-electron chi connectivity index (χ0n) is 9.50. The van der Waals surface area contributed by atoms with Crippen LogP contribution in [0, 0.1) is 10.1 Å². The van der Waals surface area contributed by atoms with E-state index in [4.69, 9.17) is 11.6 Å². The Hall–Kier alpha value is -1.99. The quantitative estimate of drug-likeness (QED) is 0.694. The van der Waals surface area contributed by atoms with Crippen molar-refractivity contribution in [2.24, 2.45) is 0 Å². The highest BCUT2D eigenvalue weighted by Crippen LogP contribution is 2.25. The van der Waals surface area contributed by atoms with Crippen LogP contribution in [0.4, 0.5) is 5.69 Å². The van der Waals surface area contributed by atoms with Gasteiger partial charge in [0.2, 0.25) is 0 Å². The fourth-order valence-corrected chi connectivity index (χ4v) is 2.11. The van der Waals surface area contributed by atoms with E-state index < -0.39 is 10.8 Å². The molecule has 1 amide bonds. The SMILES string of the molecule is O=C(NCc1cncs1)c1ccc(Cl)c([N+](=O)[O-])c1. The monoisotopic (exact) mass is 297 g/mol. The summed E-state index contributed by atoms with van der Waals surface area (Å²) in [4.78, 5) is 26.7. The molecule has 0 bridgehead atoms. The second-order valence-electron chi connectivity index (χ2n) is 3.57. The second kappa shape index (κ2) is 5.77. The van der Waals surface area contributed by atoms with Gasteiger partial charge in [0.1, 0.15) is 5.02 Å². The summed E-state index contributed by atoms with van der Waals surface area (Å²) in [5.74, 6) is -0.395. The maximum absolute atomic E-state index is 11.8. The summed E-state index contributed by atoms with van der Waals surface area (Å²) in [5, 5.41) is 13.4. The van der Waals surface area contributed by atoms with E-state index in [2.05, 4.69) is 10.3 Å². The molecule has 0 saturated carbocycles. The van der Waals surface area contributed by atoms with E-state index in [1.54, 1.807) is 11.7 Å². The zero-order chi connectivity index (χ0) is 13.8. The van der Waals surface area contributed by atoms with E-state index >= 15 is 0 Å². The number of nitrogens with zero attached hydrogens (tertiary/aromatic N) is 2. The number of rotatable bonds is 4. The number of hydrogen-bond donors (Lipinski definition) is 1. The summed E-state index contributed by atoms with van der Waals surface area (Å²) in [5.41, 5.74) is 1.57. The average molecular weight is 298 g/mol. The topological polar surface area (TPSA) is 85.1 Å². The minimum Gasteiger partial charge on any atom is -0.347 e. The number of carbonyl (C=O) groups excluding carboxylic acids is 1. The average Bonchev–Trinajstić information content (AvgIpc) is 2.89. The molecule has 1 N–H and O–H groups in total. The third-order valence-electron chi connectivity index (χ3n) is 2.31. The Balaban J connectivity index is 2.11. The van der Waals surface area contributed by atoms with E-state index in [1.165, 1.54) is 23.5 Å². The van der Waals surface area contributed by atoms with Crippen molar-refractivity contribution in [2.75, 3.05) is 0 Å². The number of thiazole rings is 1. The first-order valence-electron chi connectivity index (χ1n) is 5.17. The summed E-state index contributed by atoms with van der Waals surface area (Å²) in [6.45, 7) is 0.333. The molecule has 0 fully saturated rings. The third kappa shape index (κ3) is 3.27. The molecule has 1 heterocycles. The normalized spacial score (nSPS) is 10.2. The molecule has 2 rings (SSSR count). The number of nitro benzene ring substituents is 1. The first-order valence-corrected chi connectivity index (χ1v) is 6.43. The first kappa shape index (κ1) is 13.4. The molecule has 0 radical (unpaired) electrons. The van der Waals surface area contributed by atoms with Crippen LogP contribution in [0.2, 0.25) is 5.02 Å². The van der Waals surface area contributed by atoms with Gasteiger partial charge in [-0.1, -0.05) is 11.6 Å². The summed E-state index contributed by atoms with van der Waals surface area (Å²) in [6, 6.07) is 3.93. The van der Waals surface area contributed by atoms with Crippen molar-refractivity contribution in [1.29, 1.82) is 0 Å². The van der Waals surface area contributed by atoms with Gasteiger partial charge in [-0.3, -0.25) is 19.9 Å². The lowest BCUT2D eigenvalue weighted by atomic mass is 10.2. The number of halogens is 1. The highest BCUT2D eigenvalue weighted by molar-refractivity contribution is 7.09. The Morgan fingerprint density at radius 2 is 2.32 bits per heavy atom. The molecule has 0 atom stereocenters. The van der Waals surface area contributed by atoms with E-state index in [1.807, 2.05) is 0 Å². The number of amides is 1. The Bertz CT molecular complexity index is 616. The molecule has 2 aromatic rings.